The normalized spacial score (nSPS) is 17.4. The maximum absolute atomic E-state index is 12.0. The molecule has 1 fully saturated rings. The Bertz CT molecular complexity index is 440. The molecule has 0 saturated heterocycles. The first-order valence-electron chi connectivity index (χ1n) is 7.39. The molecule has 1 aliphatic rings. The average molecular weight is 276 g/mol. The number of anilines is 1. The fourth-order valence-corrected chi connectivity index (χ4v) is 1.87. The van der Waals surface area contributed by atoms with Crippen LogP contribution in [0.15, 0.2) is 24.3 Å². The molecule has 20 heavy (non-hydrogen) atoms. The first-order valence-corrected chi connectivity index (χ1v) is 7.39. The highest BCUT2D eigenvalue weighted by atomic mass is 16.5. The quantitative estimate of drug-likeness (QED) is 0.805. The van der Waals surface area contributed by atoms with E-state index in [0.29, 0.717) is 0 Å². The van der Waals surface area contributed by atoms with Crippen LogP contribution in [0.3, 0.4) is 0 Å². The number of hydrogen-bond acceptors (Lipinski definition) is 3. The highest BCUT2D eigenvalue weighted by Gasteiger charge is 2.22. The Balaban J connectivity index is 1.84. The maximum Gasteiger partial charge on any atom is 0.241 e. The molecule has 4 heteroatoms. The van der Waals surface area contributed by atoms with E-state index in [4.69, 9.17) is 10.5 Å². The summed E-state index contributed by atoms with van der Waals surface area (Å²) < 4.78 is 5.66. The highest BCUT2D eigenvalue weighted by Crippen LogP contribution is 2.29. The van der Waals surface area contributed by atoms with Gasteiger partial charge >= 0.3 is 0 Å². The van der Waals surface area contributed by atoms with Gasteiger partial charge in [0.05, 0.1) is 12.6 Å². The SMILES string of the molecule is CCC(C)C(N)C(=O)Nc1ccc(OCC2CC2)cc1. The summed E-state index contributed by atoms with van der Waals surface area (Å²) in [4.78, 5) is 12.0. The van der Waals surface area contributed by atoms with Crippen molar-refractivity contribution in [1.29, 1.82) is 0 Å². The lowest BCUT2D eigenvalue weighted by Gasteiger charge is -2.17. The summed E-state index contributed by atoms with van der Waals surface area (Å²) in [7, 11) is 0. The molecule has 0 bridgehead atoms. The van der Waals surface area contributed by atoms with Gasteiger partial charge in [-0.2, -0.15) is 0 Å². The summed E-state index contributed by atoms with van der Waals surface area (Å²) in [6.07, 6.45) is 3.45. The number of hydrogen-bond donors (Lipinski definition) is 2. The van der Waals surface area contributed by atoms with Gasteiger partial charge in [0.25, 0.3) is 0 Å². The molecule has 0 aliphatic heterocycles. The zero-order valence-corrected chi connectivity index (χ0v) is 12.3. The van der Waals surface area contributed by atoms with Gasteiger partial charge in [-0.15, -0.1) is 0 Å². The highest BCUT2D eigenvalue weighted by molar-refractivity contribution is 5.94. The van der Waals surface area contributed by atoms with Gasteiger partial charge in [-0.05, 0) is 48.9 Å². The summed E-state index contributed by atoms with van der Waals surface area (Å²) in [5, 5.41) is 2.84. The van der Waals surface area contributed by atoms with Crippen molar-refractivity contribution in [2.45, 2.75) is 39.2 Å². The van der Waals surface area contributed by atoms with Crippen molar-refractivity contribution in [3.05, 3.63) is 24.3 Å². The van der Waals surface area contributed by atoms with E-state index in [1.807, 2.05) is 38.1 Å². The number of carbonyl (C=O) groups is 1. The van der Waals surface area contributed by atoms with Crippen molar-refractivity contribution in [3.8, 4) is 5.75 Å². The molecule has 2 atom stereocenters. The molecule has 1 saturated carbocycles. The second kappa shape index (κ2) is 6.75. The van der Waals surface area contributed by atoms with Gasteiger partial charge in [0.2, 0.25) is 5.91 Å². The van der Waals surface area contributed by atoms with Crippen molar-refractivity contribution in [1.82, 2.24) is 0 Å². The van der Waals surface area contributed by atoms with Crippen LogP contribution in [0.25, 0.3) is 0 Å². The Morgan fingerprint density at radius 3 is 2.60 bits per heavy atom. The number of nitrogens with one attached hydrogen (secondary N) is 1. The third-order valence-corrected chi connectivity index (χ3v) is 3.86. The molecule has 1 aromatic rings. The molecule has 1 aromatic carbocycles. The first-order chi connectivity index (χ1) is 9.60. The second-order valence-corrected chi connectivity index (χ2v) is 5.68. The van der Waals surface area contributed by atoms with Crippen LogP contribution in [0.2, 0.25) is 0 Å². The van der Waals surface area contributed by atoms with Gasteiger partial charge in [0, 0.05) is 5.69 Å². The Morgan fingerprint density at radius 2 is 2.05 bits per heavy atom. The summed E-state index contributed by atoms with van der Waals surface area (Å²) in [6.45, 7) is 4.81. The lowest BCUT2D eigenvalue weighted by Crippen LogP contribution is -2.40. The molecule has 0 aromatic heterocycles. The van der Waals surface area contributed by atoms with E-state index in [2.05, 4.69) is 5.32 Å². The Labute approximate surface area is 120 Å². The fourth-order valence-electron chi connectivity index (χ4n) is 1.87. The van der Waals surface area contributed by atoms with Gasteiger partial charge in [0.15, 0.2) is 0 Å². The monoisotopic (exact) mass is 276 g/mol. The predicted molar refractivity (Wildman–Crippen MR) is 80.7 cm³/mol. The zero-order valence-electron chi connectivity index (χ0n) is 12.3. The minimum atomic E-state index is -0.467. The summed E-state index contributed by atoms with van der Waals surface area (Å²) in [5.74, 6) is 1.63. The van der Waals surface area contributed by atoms with Crippen molar-refractivity contribution in [2.24, 2.45) is 17.6 Å². The lowest BCUT2D eigenvalue weighted by atomic mass is 9.99. The standard InChI is InChI=1S/C16H24N2O2/c1-3-11(2)15(17)16(19)18-13-6-8-14(9-7-13)20-10-12-4-5-12/h6-9,11-12,15H,3-5,10,17H2,1-2H3,(H,18,19). The Morgan fingerprint density at radius 1 is 1.40 bits per heavy atom. The van der Waals surface area contributed by atoms with Crippen LogP contribution in [0.1, 0.15) is 33.1 Å². The van der Waals surface area contributed by atoms with Crippen LogP contribution in [-0.2, 0) is 4.79 Å². The van der Waals surface area contributed by atoms with E-state index < -0.39 is 6.04 Å². The van der Waals surface area contributed by atoms with Crippen molar-refractivity contribution in [2.75, 3.05) is 11.9 Å². The predicted octanol–water partition coefficient (Wildman–Crippen LogP) is 2.79. The number of rotatable bonds is 7. The first kappa shape index (κ1) is 14.9. The number of amides is 1. The second-order valence-electron chi connectivity index (χ2n) is 5.68. The Hall–Kier alpha value is -1.55. The zero-order chi connectivity index (χ0) is 14.5. The molecule has 2 unspecified atom stereocenters. The number of benzene rings is 1. The van der Waals surface area contributed by atoms with E-state index >= 15 is 0 Å². The molecule has 3 N–H and O–H groups in total. The summed E-state index contributed by atoms with van der Waals surface area (Å²) in [5.41, 5.74) is 6.66. The molecule has 1 aliphatic carbocycles. The summed E-state index contributed by atoms with van der Waals surface area (Å²) in [6, 6.07) is 7.00. The third kappa shape index (κ3) is 4.23. The molecule has 1 amide bonds. The van der Waals surface area contributed by atoms with Crippen LogP contribution in [0, 0.1) is 11.8 Å². The van der Waals surface area contributed by atoms with Crippen LogP contribution in [0.4, 0.5) is 5.69 Å². The van der Waals surface area contributed by atoms with Crippen LogP contribution in [0.5, 0.6) is 5.75 Å². The van der Waals surface area contributed by atoms with E-state index in [1.54, 1.807) is 0 Å². The van der Waals surface area contributed by atoms with E-state index in [1.165, 1.54) is 12.8 Å². The molecular weight excluding hydrogens is 252 g/mol. The topological polar surface area (TPSA) is 64.4 Å². The van der Waals surface area contributed by atoms with Crippen molar-refractivity contribution in [3.63, 3.8) is 0 Å². The van der Waals surface area contributed by atoms with Crippen molar-refractivity contribution < 1.29 is 9.53 Å². The van der Waals surface area contributed by atoms with Gasteiger partial charge in [0.1, 0.15) is 5.75 Å². The van der Waals surface area contributed by atoms with E-state index in [9.17, 15) is 4.79 Å². The number of carbonyl (C=O) groups excluding carboxylic acids is 1. The van der Waals surface area contributed by atoms with E-state index in [0.717, 1.165) is 30.4 Å². The van der Waals surface area contributed by atoms with Gasteiger partial charge in [-0.1, -0.05) is 20.3 Å². The third-order valence-electron chi connectivity index (χ3n) is 3.86. The molecule has 110 valence electrons. The molecule has 0 heterocycles. The van der Waals surface area contributed by atoms with Gasteiger partial charge in [-0.25, -0.2) is 0 Å². The molecule has 4 nitrogen and oxygen atoms in total. The molecule has 0 spiro atoms. The fraction of sp³-hybridized carbons (Fsp3) is 0.562. The summed E-state index contributed by atoms with van der Waals surface area (Å²) >= 11 is 0. The van der Waals surface area contributed by atoms with Gasteiger partial charge in [-0.3, -0.25) is 4.79 Å². The molecule has 2 rings (SSSR count). The minimum Gasteiger partial charge on any atom is -0.493 e. The van der Waals surface area contributed by atoms with Crippen LogP contribution >= 0.6 is 0 Å². The maximum atomic E-state index is 12.0. The van der Waals surface area contributed by atoms with Crippen molar-refractivity contribution >= 4 is 11.6 Å². The molecular formula is C16H24N2O2. The van der Waals surface area contributed by atoms with Crippen LogP contribution in [-0.4, -0.2) is 18.6 Å². The van der Waals surface area contributed by atoms with E-state index in [-0.39, 0.29) is 11.8 Å². The average Bonchev–Trinajstić information content (AvgIpc) is 3.29. The lowest BCUT2D eigenvalue weighted by molar-refractivity contribution is -0.118. The Kier molecular flexibility index (Phi) is 5.01. The van der Waals surface area contributed by atoms with Crippen LogP contribution < -0.4 is 15.8 Å². The largest absolute Gasteiger partial charge is 0.493 e. The van der Waals surface area contributed by atoms with Gasteiger partial charge < -0.3 is 15.8 Å². The number of nitrogens with two attached hydrogens (primary N) is 1. The number of ether oxygens (including phenoxy) is 1. The minimum absolute atomic E-state index is 0.133. The smallest absolute Gasteiger partial charge is 0.241 e. The molecule has 0 radical (unpaired) electrons.